The van der Waals surface area contributed by atoms with Crippen LogP contribution < -0.4 is 0 Å². The van der Waals surface area contributed by atoms with E-state index in [9.17, 15) is 26.4 Å². The molecule has 1 aromatic rings. The minimum absolute atomic E-state index is 0.0867. The minimum Gasteiger partial charge on any atom is -0.272 e. The standard InChI is InChI=1S/C16H19F3N2O4S/c1-2-21-14(22)11-15(25-21)6-8-20(9-7-15)26(23,24)13-5-3-4-12(10-13)16(17,18)19/h3-5,10H,2,6-9,11H2,1H3. The van der Waals surface area contributed by atoms with E-state index in [1.165, 1.54) is 5.06 Å². The summed E-state index contributed by atoms with van der Waals surface area (Å²) in [5.74, 6) is -0.137. The van der Waals surface area contributed by atoms with Crippen LogP contribution in [-0.4, -0.2) is 48.9 Å². The highest BCUT2D eigenvalue weighted by Gasteiger charge is 2.48. The van der Waals surface area contributed by atoms with Crippen LogP contribution >= 0.6 is 0 Å². The first kappa shape index (κ1) is 19.1. The van der Waals surface area contributed by atoms with Crippen molar-refractivity contribution in [3.05, 3.63) is 29.8 Å². The average Bonchev–Trinajstić information content (AvgIpc) is 2.90. The van der Waals surface area contributed by atoms with Gasteiger partial charge in [-0.3, -0.25) is 9.63 Å². The molecule has 2 saturated heterocycles. The normalized spacial score (nSPS) is 21.5. The molecule has 2 heterocycles. The van der Waals surface area contributed by atoms with Crippen LogP contribution in [0, 0.1) is 0 Å². The van der Waals surface area contributed by atoms with Crippen molar-refractivity contribution in [2.75, 3.05) is 19.6 Å². The molecule has 2 aliphatic rings. The van der Waals surface area contributed by atoms with Crippen LogP contribution in [0.25, 0.3) is 0 Å². The first-order valence-electron chi connectivity index (χ1n) is 8.24. The second-order valence-corrected chi connectivity index (χ2v) is 8.41. The quantitative estimate of drug-likeness (QED) is 0.792. The third-order valence-electron chi connectivity index (χ3n) is 4.78. The zero-order valence-electron chi connectivity index (χ0n) is 14.1. The van der Waals surface area contributed by atoms with Gasteiger partial charge in [0.25, 0.3) is 0 Å². The lowest BCUT2D eigenvalue weighted by atomic mass is 9.89. The summed E-state index contributed by atoms with van der Waals surface area (Å²) in [6, 6.07) is 3.72. The number of amides is 1. The Labute approximate surface area is 149 Å². The number of hydrogen-bond donors (Lipinski definition) is 0. The Morgan fingerprint density at radius 2 is 1.88 bits per heavy atom. The first-order valence-corrected chi connectivity index (χ1v) is 9.68. The number of hydroxylamine groups is 2. The van der Waals surface area contributed by atoms with E-state index in [0.29, 0.717) is 25.5 Å². The van der Waals surface area contributed by atoms with Gasteiger partial charge in [-0.05, 0) is 38.0 Å². The molecule has 2 fully saturated rings. The Balaban J connectivity index is 1.76. The third-order valence-corrected chi connectivity index (χ3v) is 6.67. The largest absolute Gasteiger partial charge is 0.416 e. The second-order valence-electron chi connectivity index (χ2n) is 6.47. The Hall–Kier alpha value is -1.65. The monoisotopic (exact) mass is 392 g/mol. The number of piperidine rings is 1. The molecule has 1 spiro atoms. The third kappa shape index (κ3) is 3.45. The topological polar surface area (TPSA) is 66.9 Å². The van der Waals surface area contributed by atoms with E-state index in [0.717, 1.165) is 22.5 Å². The number of alkyl halides is 3. The van der Waals surface area contributed by atoms with Crippen molar-refractivity contribution < 1.29 is 31.2 Å². The average molecular weight is 392 g/mol. The molecule has 0 aliphatic carbocycles. The molecule has 1 aromatic carbocycles. The van der Waals surface area contributed by atoms with E-state index in [2.05, 4.69) is 0 Å². The Morgan fingerprint density at radius 1 is 1.23 bits per heavy atom. The fraction of sp³-hybridized carbons (Fsp3) is 0.562. The molecule has 144 valence electrons. The Morgan fingerprint density at radius 3 is 2.42 bits per heavy atom. The highest BCUT2D eigenvalue weighted by Crippen LogP contribution is 2.38. The van der Waals surface area contributed by atoms with Gasteiger partial charge in [-0.1, -0.05) is 6.07 Å². The lowest BCUT2D eigenvalue weighted by molar-refractivity contribution is -0.206. The van der Waals surface area contributed by atoms with Crippen molar-refractivity contribution in [2.45, 2.75) is 42.9 Å². The lowest BCUT2D eigenvalue weighted by Gasteiger charge is -2.37. The van der Waals surface area contributed by atoms with Crippen LogP contribution in [0.15, 0.2) is 29.2 Å². The molecule has 0 saturated carbocycles. The number of sulfonamides is 1. The van der Waals surface area contributed by atoms with E-state index in [-0.39, 0.29) is 30.3 Å². The maximum Gasteiger partial charge on any atom is 0.416 e. The molecule has 0 radical (unpaired) electrons. The molecular formula is C16H19F3N2O4S. The van der Waals surface area contributed by atoms with Crippen LogP contribution in [0.2, 0.25) is 0 Å². The van der Waals surface area contributed by atoms with Gasteiger partial charge in [-0.15, -0.1) is 0 Å². The van der Waals surface area contributed by atoms with Crippen molar-refractivity contribution >= 4 is 15.9 Å². The summed E-state index contributed by atoms with van der Waals surface area (Å²) in [6.07, 6.45) is -3.79. The second kappa shape index (κ2) is 6.50. The summed E-state index contributed by atoms with van der Waals surface area (Å²) in [5, 5.41) is 1.27. The predicted octanol–water partition coefficient (Wildman–Crippen LogP) is 2.41. The van der Waals surface area contributed by atoms with Gasteiger partial charge >= 0.3 is 6.18 Å². The molecule has 0 aromatic heterocycles. The summed E-state index contributed by atoms with van der Waals surface area (Å²) in [7, 11) is -4.04. The van der Waals surface area contributed by atoms with E-state index < -0.39 is 27.4 Å². The summed E-state index contributed by atoms with van der Waals surface area (Å²) < 4.78 is 65.1. The van der Waals surface area contributed by atoms with Crippen molar-refractivity contribution in [2.24, 2.45) is 0 Å². The first-order chi connectivity index (χ1) is 12.1. The van der Waals surface area contributed by atoms with Gasteiger partial charge in [0, 0.05) is 19.6 Å². The lowest BCUT2D eigenvalue weighted by Crippen LogP contribution is -2.47. The van der Waals surface area contributed by atoms with Crippen LogP contribution in [0.5, 0.6) is 0 Å². The smallest absolute Gasteiger partial charge is 0.272 e. The van der Waals surface area contributed by atoms with E-state index in [1.54, 1.807) is 6.92 Å². The number of benzene rings is 1. The summed E-state index contributed by atoms with van der Waals surface area (Å²) in [6.45, 7) is 2.36. The van der Waals surface area contributed by atoms with Gasteiger partial charge in [-0.25, -0.2) is 13.5 Å². The van der Waals surface area contributed by atoms with E-state index in [4.69, 9.17) is 4.84 Å². The highest BCUT2D eigenvalue weighted by molar-refractivity contribution is 7.89. The van der Waals surface area contributed by atoms with E-state index >= 15 is 0 Å². The highest BCUT2D eigenvalue weighted by atomic mass is 32.2. The minimum atomic E-state index is -4.61. The molecule has 10 heteroatoms. The number of rotatable bonds is 3. The Bertz CT molecular complexity index is 802. The number of halogens is 3. The SMILES string of the molecule is CCN1OC2(CCN(S(=O)(=O)c3cccc(C(F)(F)F)c3)CC2)CC1=O. The summed E-state index contributed by atoms with van der Waals surface area (Å²) in [4.78, 5) is 17.2. The molecule has 2 aliphatic heterocycles. The van der Waals surface area contributed by atoms with Gasteiger partial charge in [-0.2, -0.15) is 17.5 Å². The van der Waals surface area contributed by atoms with Gasteiger partial charge < -0.3 is 0 Å². The fourth-order valence-corrected chi connectivity index (χ4v) is 4.79. The Kier molecular flexibility index (Phi) is 4.78. The predicted molar refractivity (Wildman–Crippen MR) is 85.3 cm³/mol. The van der Waals surface area contributed by atoms with Crippen LogP contribution in [-0.2, 0) is 25.8 Å². The molecular weight excluding hydrogens is 373 g/mol. The van der Waals surface area contributed by atoms with Gasteiger partial charge in [0.05, 0.1) is 16.9 Å². The maximum absolute atomic E-state index is 12.8. The fourth-order valence-electron chi connectivity index (χ4n) is 3.31. The van der Waals surface area contributed by atoms with E-state index in [1.807, 2.05) is 0 Å². The molecule has 0 atom stereocenters. The van der Waals surface area contributed by atoms with Crippen LogP contribution in [0.3, 0.4) is 0 Å². The number of carbonyl (C=O) groups excluding carboxylic acids is 1. The van der Waals surface area contributed by atoms with Crippen molar-refractivity contribution in [1.29, 1.82) is 0 Å². The van der Waals surface area contributed by atoms with Crippen molar-refractivity contribution in [3.8, 4) is 0 Å². The zero-order chi connectivity index (χ0) is 19.2. The zero-order valence-corrected chi connectivity index (χ0v) is 14.9. The number of carbonyl (C=O) groups is 1. The van der Waals surface area contributed by atoms with Crippen molar-refractivity contribution in [3.63, 3.8) is 0 Å². The number of hydrogen-bond acceptors (Lipinski definition) is 4. The molecule has 0 N–H and O–H groups in total. The molecule has 0 bridgehead atoms. The molecule has 26 heavy (non-hydrogen) atoms. The maximum atomic E-state index is 12.8. The summed E-state index contributed by atoms with van der Waals surface area (Å²) in [5.41, 5.74) is -1.72. The van der Waals surface area contributed by atoms with Gasteiger partial charge in [0.1, 0.15) is 5.60 Å². The molecule has 0 unspecified atom stereocenters. The summed E-state index contributed by atoms with van der Waals surface area (Å²) >= 11 is 0. The van der Waals surface area contributed by atoms with Crippen LogP contribution in [0.4, 0.5) is 13.2 Å². The van der Waals surface area contributed by atoms with Crippen molar-refractivity contribution in [1.82, 2.24) is 9.37 Å². The van der Waals surface area contributed by atoms with Gasteiger partial charge in [0.15, 0.2) is 0 Å². The van der Waals surface area contributed by atoms with Crippen LogP contribution in [0.1, 0.15) is 31.7 Å². The van der Waals surface area contributed by atoms with Gasteiger partial charge in [0.2, 0.25) is 15.9 Å². The molecule has 1 amide bonds. The number of nitrogens with zero attached hydrogens (tertiary/aromatic N) is 2. The molecule has 3 rings (SSSR count). The molecule has 6 nitrogen and oxygen atoms in total.